The molecule has 2 N–H and O–H groups in total. The summed E-state index contributed by atoms with van der Waals surface area (Å²) in [6.45, 7) is 2.04. The second-order valence-electron chi connectivity index (χ2n) is 5.62. The van der Waals surface area contributed by atoms with E-state index in [-0.39, 0.29) is 5.91 Å². The van der Waals surface area contributed by atoms with Crippen molar-refractivity contribution in [2.45, 2.75) is 6.92 Å². The molecule has 1 heterocycles. The van der Waals surface area contributed by atoms with Crippen LogP contribution in [0.5, 0.6) is 0 Å². The summed E-state index contributed by atoms with van der Waals surface area (Å²) in [5, 5.41) is 3.11. The van der Waals surface area contributed by atoms with Gasteiger partial charge in [-0.05, 0) is 53.2 Å². The molecule has 6 nitrogen and oxygen atoms in total. The van der Waals surface area contributed by atoms with Gasteiger partial charge >= 0.3 is 0 Å². The first-order valence-corrected chi connectivity index (χ1v) is 9.85. The van der Waals surface area contributed by atoms with Gasteiger partial charge in [-0.2, -0.15) is 0 Å². The maximum Gasteiger partial charge on any atom is 0.261 e. The number of rotatable bonds is 5. The molecule has 0 aliphatic carbocycles. The molecule has 1 aromatic heterocycles. The lowest BCUT2D eigenvalue weighted by Gasteiger charge is -2.19. The Morgan fingerprint density at radius 2 is 2.00 bits per heavy atom. The van der Waals surface area contributed by atoms with E-state index in [1.165, 1.54) is 35.6 Å². The molecule has 0 fully saturated rings. The summed E-state index contributed by atoms with van der Waals surface area (Å²) in [5.41, 5.74) is 1.67. The number of carbonyl (C=O) groups excluding carboxylic acids is 1. The molecule has 27 heavy (non-hydrogen) atoms. The molecular formula is C18H16BrFN2O4S. The van der Waals surface area contributed by atoms with E-state index in [4.69, 9.17) is 4.42 Å². The van der Waals surface area contributed by atoms with E-state index in [9.17, 15) is 17.9 Å². The van der Waals surface area contributed by atoms with Crippen LogP contribution >= 0.6 is 15.9 Å². The lowest BCUT2D eigenvalue weighted by atomic mass is 10.0. The Balaban J connectivity index is 2.29. The Morgan fingerprint density at radius 1 is 1.33 bits per heavy atom. The van der Waals surface area contributed by atoms with Crippen LogP contribution in [0.3, 0.4) is 0 Å². The SMILES string of the molecule is CCN(c1cc2oc(-c3ccc(F)cc3)c(C(=O)NC)c2cc1Br)S(=O)O. The van der Waals surface area contributed by atoms with Crippen LogP contribution in [0.1, 0.15) is 17.3 Å². The van der Waals surface area contributed by atoms with E-state index in [0.717, 1.165) is 0 Å². The van der Waals surface area contributed by atoms with E-state index >= 15 is 0 Å². The van der Waals surface area contributed by atoms with Crippen LogP contribution in [0.2, 0.25) is 0 Å². The fourth-order valence-corrected chi connectivity index (χ4v) is 4.03. The number of nitrogens with zero attached hydrogens (tertiary/aromatic N) is 1. The second kappa shape index (κ2) is 7.79. The summed E-state index contributed by atoms with van der Waals surface area (Å²) in [7, 11) is 1.51. The predicted molar refractivity (Wildman–Crippen MR) is 106 cm³/mol. The molecule has 0 aliphatic heterocycles. The number of furan rings is 1. The normalized spacial score (nSPS) is 12.2. The second-order valence-corrected chi connectivity index (χ2v) is 7.37. The summed E-state index contributed by atoms with van der Waals surface area (Å²) >= 11 is 1.18. The zero-order valence-electron chi connectivity index (χ0n) is 14.5. The largest absolute Gasteiger partial charge is 0.455 e. The number of halogens is 2. The minimum atomic E-state index is -2.21. The van der Waals surface area contributed by atoms with E-state index < -0.39 is 17.1 Å². The third-order valence-corrected chi connectivity index (χ3v) is 5.53. The molecule has 2 aromatic carbocycles. The van der Waals surface area contributed by atoms with Crippen molar-refractivity contribution in [3.05, 3.63) is 52.3 Å². The van der Waals surface area contributed by atoms with E-state index in [2.05, 4.69) is 21.2 Å². The molecule has 9 heteroatoms. The quantitative estimate of drug-likeness (QED) is 0.562. The van der Waals surface area contributed by atoms with E-state index in [0.29, 0.717) is 44.6 Å². The van der Waals surface area contributed by atoms with Crippen molar-refractivity contribution < 1.29 is 22.4 Å². The van der Waals surface area contributed by atoms with Crippen molar-refractivity contribution in [3.8, 4) is 11.3 Å². The van der Waals surface area contributed by atoms with Crippen molar-refractivity contribution in [1.82, 2.24) is 5.32 Å². The monoisotopic (exact) mass is 454 g/mol. The van der Waals surface area contributed by atoms with Gasteiger partial charge in [-0.25, -0.2) is 8.60 Å². The summed E-state index contributed by atoms with van der Waals surface area (Å²) < 4.78 is 42.1. The molecule has 1 atom stereocenters. The number of hydrogen-bond acceptors (Lipinski definition) is 3. The minimum absolute atomic E-state index is 0.293. The summed E-state index contributed by atoms with van der Waals surface area (Å²) in [6.07, 6.45) is 0. The molecule has 142 valence electrons. The standard InChI is InChI=1S/C18H16BrFN2O4S/c1-3-22(27(24)25)14-9-15-12(8-13(14)19)16(18(23)21-2)17(26-15)10-4-6-11(20)7-5-10/h4-9H,3H2,1-2H3,(H,21,23)(H,24,25). The van der Waals surface area contributed by atoms with Gasteiger partial charge in [0.2, 0.25) is 0 Å². The Kier molecular flexibility index (Phi) is 5.64. The molecule has 1 amide bonds. The summed E-state index contributed by atoms with van der Waals surface area (Å²) in [6, 6.07) is 8.88. The topological polar surface area (TPSA) is 82.8 Å². The van der Waals surface area contributed by atoms with Crippen LogP contribution in [0, 0.1) is 5.82 Å². The molecule has 0 saturated heterocycles. The lowest BCUT2D eigenvalue weighted by Crippen LogP contribution is -2.24. The fraction of sp³-hybridized carbons (Fsp3) is 0.167. The third-order valence-electron chi connectivity index (χ3n) is 4.06. The summed E-state index contributed by atoms with van der Waals surface area (Å²) in [4.78, 5) is 12.5. The van der Waals surface area contributed by atoms with Crippen LogP contribution in [0.15, 0.2) is 45.3 Å². The lowest BCUT2D eigenvalue weighted by molar-refractivity contribution is 0.0964. The number of hydrogen-bond donors (Lipinski definition) is 2. The number of amides is 1. The Hall–Kier alpha value is -2.23. The first-order valence-electron chi connectivity index (χ1n) is 8.00. The molecule has 0 spiro atoms. The van der Waals surface area contributed by atoms with Crippen LogP contribution in [0.25, 0.3) is 22.3 Å². The molecule has 0 bridgehead atoms. The Morgan fingerprint density at radius 3 is 2.56 bits per heavy atom. The molecule has 1 unspecified atom stereocenters. The number of benzene rings is 2. The maximum absolute atomic E-state index is 13.3. The summed E-state index contributed by atoms with van der Waals surface area (Å²) in [5.74, 6) is -0.460. The first-order chi connectivity index (χ1) is 12.9. The highest BCUT2D eigenvalue weighted by Crippen LogP contribution is 2.39. The van der Waals surface area contributed by atoms with Crippen molar-refractivity contribution >= 4 is 49.8 Å². The van der Waals surface area contributed by atoms with E-state index in [1.807, 2.05) is 0 Å². The van der Waals surface area contributed by atoms with Crippen molar-refractivity contribution in [1.29, 1.82) is 0 Å². The Labute approximate surface area is 165 Å². The average Bonchev–Trinajstić information content (AvgIpc) is 3.00. The fourth-order valence-electron chi connectivity index (χ4n) is 2.82. The third kappa shape index (κ3) is 3.62. The van der Waals surface area contributed by atoms with Crippen LogP contribution in [-0.4, -0.2) is 28.3 Å². The average molecular weight is 455 g/mol. The van der Waals surface area contributed by atoms with Crippen LogP contribution in [-0.2, 0) is 11.3 Å². The van der Waals surface area contributed by atoms with Crippen LogP contribution in [0.4, 0.5) is 10.1 Å². The highest BCUT2D eigenvalue weighted by molar-refractivity contribution is 9.10. The minimum Gasteiger partial charge on any atom is -0.455 e. The molecule has 0 radical (unpaired) electrons. The van der Waals surface area contributed by atoms with Gasteiger partial charge in [-0.1, -0.05) is 0 Å². The number of fused-ring (bicyclic) bond motifs is 1. The molecule has 3 aromatic rings. The zero-order valence-corrected chi connectivity index (χ0v) is 16.9. The van der Waals surface area contributed by atoms with Gasteiger partial charge in [0, 0.05) is 35.1 Å². The van der Waals surface area contributed by atoms with Crippen molar-refractivity contribution in [3.63, 3.8) is 0 Å². The van der Waals surface area contributed by atoms with Gasteiger partial charge in [-0.3, -0.25) is 13.7 Å². The molecule has 3 rings (SSSR count). The maximum atomic E-state index is 13.3. The molecule has 0 saturated carbocycles. The smallest absolute Gasteiger partial charge is 0.261 e. The first kappa shape index (κ1) is 19.5. The van der Waals surface area contributed by atoms with E-state index in [1.54, 1.807) is 19.1 Å². The number of carbonyl (C=O) groups is 1. The van der Waals surface area contributed by atoms with Gasteiger partial charge in [0.1, 0.15) is 17.2 Å². The molecular weight excluding hydrogens is 439 g/mol. The van der Waals surface area contributed by atoms with Gasteiger partial charge < -0.3 is 9.73 Å². The zero-order chi connectivity index (χ0) is 19.7. The van der Waals surface area contributed by atoms with Crippen LogP contribution < -0.4 is 9.62 Å². The predicted octanol–water partition coefficient (Wildman–Crippen LogP) is 4.32. The number of anilines is 1. The molecule has 0 aliphatic rings. The van der Waals surface area contributed by atoms with Gasteiger partial charge in [0.25, 0.3) is 17.2 Å². The van der Waals surface area contributed by atoms with Gasteiger partial charge in [0.15, 0.2) is 0 Å². The van der Waals surface area contributed by atoms with Gasteiger partial charge in [0.05, 0.1) is 11.3 Å². The highest BCUT2D eigenvalue weighted by atomic mass is 79.9. The number of nitrogens with one attached hydrogen (secondary N) is 1. The van der Waals surface area contributed by atoms with Crippen molar-refractivity contribution in [2.75, 3.05) is 17.9 Å². The Bertz CT molecular complexity index is 1040. The van der Waals surface area contributed by atoms with Crippen molar-refractivity contribution in [2.24, 2.45) is 0 Å². The van der Waals surface area contributed by atoms with Gasteiger partial charge in [-0.15, -0.1) is 0 Å². The highest BCUT2D eigenvalue weighted by Gasteiger charge is 2.24.